The van der Waals surface area contributed by atoms with Gasteiger partial charge in [-0.3, -0.25) is 4.79 Å². The van der Waals surface area contributed by atoms with Gasteiger partial charge in [-0.2, -0.15) is 5.10 Å². The summed E-state index contributed by atoms with van der Waals surface area (Å²) in [5, 5.41) is 8.21. The maximum atomic E-state index is 12.2. The van der Waals surface area contributed by atoms with E-state index in [2.05, 4.69) is 5.32 Å². The standard InChI is InChI=1S/C20H20ClN3O2/c1-26-12-11-22-19(25)13-16-14-24(18-5-3-2-4-6-18)23-20(16)15-7-9-17(21)10-8-15/h2-10,14H,11-13H2,1H3,(H,22,25). The van der Waals surface area contributed by atoms with Crippen molar-refractivity contribution in [2.75, 3.05) is 20.3 Å². The second kappa shape index (κ2) is 8.65. The fourth-order valence-electron chi connectivity index (χ4n) is 2.63. The molecule has 0 saturated heterocycles. The molecule has 1 N–H and O–H groups in total. The molecule has 0 fully saturated rings. The van der Waals surface area contributed by atoms with Gasteiger partial charge in [0, 0.05) is 36.0 Å². The summed E-state index contributed by atoms with van der Waals surface area (Å²) >= 11 is 5.99. The van der Waals surface area contributed by atoms with Crippen LogP contribution in [-0.2, 0) is 16.0 Å². The van der Waals surface area contributed by atoms with Gasteiger partial charge in [0.2, 0.25) is 5.91 Å². The lowest BCUT2D eigenvalue weighted by molar-refractivity contribution is -0.120. The van der Waals surface area contributed by atoms with Crippen molar-refractivity contribution in [2.24, 2.45) is 0 Å². The molecule has 26 heavy (non-hydrogen) atoms. The van der Waals surface area contributed by atoms with E-state index < -0.39 is 0 Å². The number of nitrogens with one attached hydrogen (secondary N) is 1. The third-order valence-corrected chi connectivity index (χ3v) is 4.16. The van der Waals surface area contributed by atoms with Gasteiger partial charge < -0.3 is 10.1 Å². The van der Waals surface area contributed by atoms with Crippen molar-refractivity contribution < 1.29 is 9.53 Å². The average molecular weight is 370 g/mol. The van der Waals surface area contributed by atoms with Crippen LogP contribution in [0.3, 0.4) is 0 Å². The van der Waals surface area contributed by atoms with Gasteiger partial charge in [0.25, 0.3) is 0 Å². The van der Waals surface area contributed by atoms with Gasteiger partial charge in [0.05, 0.1) is 24.4 Å². The smallest absolute Gasteiger partial charge is 0.224 e. The molecule has 5 nitrogen and oxygen atoms in total. The van der Waals surface area contributed by atoms with Crippen LogP contribution in [0, 0.1) is 0 Å². The predicted octanol–water partition coefficient (Wildman–Crippen LogP) is 3.50. The van der Waals surface area contributed by atoms with Crippen LogP contribution in [0.4, 0.5) is 0 Å². The first-order valence-electron chi connectivity index (χ1n) is 8.33. The summed E-state index contributed by atoms with van der Waals surface area (Å²) < 4.78 is 6.76. The summed E-state index contributed by atoms with van der Waals surface area (Å²) in [7, 11) is 1.61. The Morgan fingerprint density at radius 2 is 1.88 bits per heavy atom. The highest BCUT2D eigenvalue weighted by Crippen LogP contribution is 2.25. The molecule has 0 aliphatic carbocycles. The molecule has 0 radical (unpaired) electrons. The van der Waals surface area contributed by atoms with Crippen molar-refractivity contribution in [1.82, 2.24) is 15.1 Å². The number of methoxy groups -OCH3 is 1. The first-order chi connectivity index (χ1) is 12.7. The highest BCUT2D eigenvalue weighted by molar-refractivity contribution is 6.30. The number of ether oxygens (including phenoxy) is 1. The first kappa shape index (κ1) is 18.2. The molecule has 0 aliphatic heterocycles. The van der Waals surface area contributed by atoms with Crippen molar-refractivity contribution in [3.63, 3.8) is 0 Å². The molecule has 0 aliphatic rings. The summed E-state index contributed by atoms with van der Waals surface area (Å²) in [4.78, 5) is 12.2. The van der Waals surface area contributed by atoms with E-state index in [0.717, 1.165) is 22.5 Å². The fraction of sp³-hybridized carbons (Fsp3) is 0.200. The van der Waals surface area contributed by atoms with Crippen molar-refractivity contribution >= 4 is 17.5 Å². The second-order valence-corrected chi connectivity index (χ2v) is 6.25. The largest absolute Gasteiger partial charge is 0.383 e. The molecule has 3 rings (SSSR count). The summed E-state index contributed by atoms with van der Waals surface area (Å²) in [5.41, 5.74) is 3.48. The number of carbonyl (C=O) groups excluding carboxylic acids is 1. The van der Waals surface area contributed by atoms with E-state index in [1.54, 1.807) is 11.8 Å². The molecule has 0 spiro atoms. The molecule has 1 aromatic heterocycles. The number of hydrogen-bond acceptors (Lipinski definition) is 3. The molecule has 0 atom stereocenters. The summed E-state index contributed by atoms with van der Waals surface area (Å²) in [6.45, 7) is 0.970. The number of halogens is 1. The van der Waals surface area contributed by atoms with Crippen LogP contribution < -0.4 is 5.32 Å². The number of rotatable bonds is 7. The number of carbonyl (C=O) groups is 1. The number of benzene rings is 2. The summed E-state index contributed by atoms with van der Waals surface area (Å²) in [6, 6.07) is 17.3. The van der Waals surface area contributed by atoms with Crippen LogP contribution in [0.5, 0.6) is 0 Å². The van der Waals surface area contributed by atoms with Crippen LogP contribution in [-0.4, -0.2) is 35.9 Å². The molecule has 1 amide bonds. The molecule has 2 aromatic carbocycles. The second-order valence-electron chi connectivity index (χ2n) is 5.81. The molecular formula is C20H20ClN3O2. The molecular weight excluding hydrogens is 350 g/mol. The first-order valence-corrected chi connectivity index (χ1v) is 8.70. The highest BCUT2D eigenvalue weighted by atomic mass is 35.5. The molecule has 134 valence electrons. The predicted molar refractivity (Wildman–Crippen MR) is 103 cm³/mol. The molecule has 0 unspecified atom stereocenters. The van der Waals surface area contributed by atoms with E-state index in [9.17, 15) is 4.79 Å². The van der Waals surface area contributed by atoms with Crippen molar-refractivity contribution in [3.8, 4) is 16.9 Å². The highest BCUT2D eigenvalue weighted by Gasteiger charge is 2.15. The normalized spacial score (nSPS) is 10.7. The van der Waals surface area contributed by atoms with Crippen LogP contribution in [0.25, 0.3) is 16.9 Å². The van der Waals surface area contributed by atoms with Gasteiger partial charge >= 0.3 is 0 Å². The van der Waals surface area contributed by atoms with E-state index in [-0.39, 0.29) is 12.3 Å². The van der Waals surface area contributed by atoms with E-state index in [1.807, 2.05) is 60.8 Å². The van der Waals surface area contributed by atoms with Crippen LogP contribution in [0.1, 0.15) is 5.56 Å². The van der Waals surface area contributed by atoms with E-state index in [0.29, 0.717) is 18.2 Å². The van der Waals surface area contributed by atoms with Crippen LogP contribution >= 0.6 is 11.6 Å². The van der Waals surface area contributed by atoms with E-state index in [1.165, 1.54) is 0 Å². The lowest BCUT2D eigenvalue weighted by atomic mass is 10.1. The van der Waals surface area contributed by atoms with Crippen molar-refractivity contribution in [2.45, 2.75) is 6.42 Å². The zero-order valence-electron chi connectivity index (χ0n) is 14.5. The van der Waals surface area contributed by atoms with Gasteiger partial charge in [-0.1, -0.05) is 41.9 Å². The minimum absolute atomic E-state index is 0.0649. The number of aromatic nitrogens is 2. The number of amides is 1. The topological polar surface area (TPSA) is 56.1 Å². The van der Waals surface area contributed by atoms with Gasteiger partial charge in [-0.05, 0) is 24.3 Å². The number of para-hydroxylation sites is 1. The van der Waals surface area contributed by atoms with Gasteiger partial charge in [0.1, 0.15) is 0 Å². The maximum Gasteiger partial charge on any atom is 0.224 e. The van der Waals surface area contributed by atoms with Crippen molar-refractivity contribution in [1.29, 1.82) is 0 Å². The molecule has 6 heteroatoms. The average Bonchev–Trinajstić information content (AvgIpc) is 3.07. The Balaban J connectivity index is 1.91. The minimum Gasteiger partial charge on any atom is -0.383 e. The Bertz CT molecular complexity index is 861. The molecule has 0 saturated carbocycles. The Kier molecular flexibility index (Phi) is 6.04. The fourth-order valence-corrected chi connectivity index (χ4v) is 2.76. The third kappa shape index (κ3) is 4.50. The Labute approximate surface area is 157 Å². The molecule has 1 heterocycles. The third-order valence-electron chi connectivity index (χ3n) is 3.91. The van der Waals surface area contributed by atoms with Gasteiger partial charge in [0.15, 0.2) is 0 Å². The Hall–Kier alpha value is -2.63. The summed E-state index contributed by atoms with van der Waals surface area (Å²) in [5.74, 6) is -0.0649. The Morgan fingerprint density at radius 1 is 1.15 bits per heavy atom. The van der Waals surface area contributed by atoms with Crippen LogP contribution in [0.15, 0.2) is 60.8 Å². The maximum absolute atomic E-state index is 12.2. The number of hydrogen-bond donors (Lipinski definition) is 1. The van der Waals surface area contributed by atoms with Crippen LogP contribution in [0.2, 0.25) is 5.02 Å². The summed E-state index contributed by atoms with van der Waals surface area (Å²) in [6.07, 6.45) is 2.14. The monoisotopic (exact) mass is 369 g/mol. The minimum atomic E-state index is -0.0649. The zero-order chi connectivity index (χ0) is 18.4. The number of nitrogens with zero attached hydrogens (tertiary/aromatic N) is 2. The zero-order valence-corrected chi connectivity index (χ0v) is 15.2. The Morgan fingerprint density at radius 3 is 2.58 bits per heavy atom. The van der Waals surface area contributed by atoms with Crippen molar-refractivity contribution in [3.05, 3.63) is 71.4 Å². The van der Waals surface area contributed by atoms with Gasteiger partial charge in [-0.25, -0.2) is 4.68 Å². The lowest BCUT2D eigenvalue weighted by Crippen LogP contribution is -2.28. The van der Waals surface area contributed by atoms with E-state index in [4.69, 9.17) is 21.4 Å². The molecule has 0 bridgehead atoms. The van der Waals surface area contributed by atoms with E-state index >= 15 is 0 Å². The lowest BCUT2D eigenvalue weighted by Gasteiger charge is -2.05. The SMILES string of the molecule is COCCNC(=O)Cc1cn(-c2ccccc2)nc1-c1ccc(Cl)cc1. The van der Waals surface area contributed by atoms with Gasteiger partial charge in [-0.15, -0.1) is 0 Å². The quantitative estimate of drug-likeness (QED) is 0.648. The molecule has 3 aromatic rings.